The minimum atomic E-state index is -2.88. The van der Waals surface area contributed by atoms with Crippen LogP contribution in [0.2, 0.25) is 0 Å². The number of hydrogen-bond donors (Lipinski definition) is 2. The molecule has 1 amide bonds. The summed E-state index contributed by atoms with van der Waals surface area (Å²) in [5.41, 5.74) is 0.442. The quantitative estimate of drug-likeness (QED) is 0.839. The van der Waals surface area contributed by atoms with Gasteiger partial charge in [-0.05, 0) is 43.4 Å². The largest absolute Gasteiger partial charge is 0.435 e. The maximum atomic E-state index is 12.4. The summed E-state index contributed by atoms with van der Waals surface area (Å²) in [4.78, 5) is 30.4. The molecule has 0 aliphatic heterocycles. The molecule has 1 aromatic heterocycles. The first kappa shape index (κ1) is 17.1. The fraction of sp³-hybridized carbons (Fsp3) is 0.353. The van der Waals surface area contributed by atoms with E-state index >= 15 is 0 Å². The van der Waals surface area contributed by atoms with Gasteiger partial charge >= 0.3 is 6.61 Å². The number of aromatic nitrogens is 2. The van der Waals surface area contributed by atoms with Gasteiger partial charge in [0, 0.05) is 6.07 Å². The third-order valence-electron chi connectivity index (χ3n) is 3.94. The van der Waals surface area contributed by atoms with Gasteiger partial charge in [-0.3, -0.25) is 9.59 Å². The van der Waals surface area contributed by atoms with E-state index in [9.17, 15) is 18.4 Å². The highest BCUT2D eigenvalue weighted by molar-refractivity contribution is 5.92. The molecule has 6 nitrogen and oxygen atoms in total. The Hall–Kier alpha value is -2.77. The van der Waals surface area contributed by atoms with Crippen LogP contribution < -0.4 is 15.6 Å². The van der Waals surface area contributed by atoms with E-state index in [1.807, 2.05) is 0 Å². The second kappa shape index (κ2) is 7.00. The zero-order valence-corrected chi connectivity index (χ0v) is 13.5. The summed E-state index contributed by atoms with van der Waals surface area (Å²) in [5.74, 6) is 0.244. The number of amides is 1. The van der Waals surface area contributed by atoms with E-state index in [-0.39, 0.29) is 23.4 Å². The lowest BCUT2D eigenvalue weighted by molar-refractivity contribution is -0.0498. The molecule has 25 heavy (non-hydrogen) atoms. The van der Waals surface area contributed by atoms with E-state index in [4.69, 9.17) is 0 Å². The highest BCUT2D eigenvalue weighted by Crippen LogP contribution is 2.41. The molecule has 1 fully saturated rings. The molecule has 8 heteroatoms. The summed E-state index contributed by atoms with van der Waals surface area (Å²) in [6, 6.07) is 7.06. The molecule has 0 radical (unpaired) electrons. The van der Waals surface area contributed by atoms with E-state index in [1.165, 1.54) is 12.1 Å². The first-order valence-corrected chi connectivity index (χ1v) is 7.86. The zero-order valence-electron chi connectivity index (χ0n) is 13.5. The Balaban J connectivity index is 1.77. The van der Waals surface area contributed by atoms with Crippen LogP contribution in [0.3, 0.4) is 0 Å². The van der Waals surface area contributed by atoms with Crippen molar-refractivity contribution in [1.29, 1.82) is 0 Å². The molecular weight excluding hydrogens is 332 g/mol. The number of benzene rings is 1. The van der Waals surface area contributed by atoms with Crippen LogP contribution in [0.5, 0.6) is 5.75 Å². The van der Waals surface area contributed by atoms with Crippen LogP contribution in [0.25, 0.3) is 0 Å². The van der Waals surface area contributed by atoms with Crippen LogP contribution in [0.4, 0.5) is 8.78 Å². The Kier molecular flexibility index (Phi) is 4.78. The maximum absolute atomic E-state index is 12.4. The summed E-state index contributed by atoms with van der Waals surface area (Å²) < 4.78 is 28.8. The predicted octanol–water partition coefficient (Wildman–Crippen LogP) is 2.56. The van der Waals surface area contributed by atoms with Gasteiger partial charge in [-0.25, -0.2) is 4.98 Å². The van der Waals surface area contributed by atoms with Gasteiger partial charge in [0.1, 0.15) is 17.3 Å². The molecule has 0 saturated heterocycles. The first-order chi connectivity index (χ1) is 11.9. The Morgan fingerprint density at radius 1 is 1.32 bits per heavy atom. The minimum Gasteiger partial charge on any atom is -0.435 e. The van der Waals surface area contributed by atoms with E-state index in [1.54, 1.807) is 19.1 Å². The number of nitrogens with zero attached hydrogens (tertiary/aromatic N) is 1. The monoisotopic (exact) mass is 349 g/mol. The van der Waals surface area contributed by atoms with Gasteiger partial charge in [0.25, 0.3) is 11.5 Å². The SMILES string of the molecule is Cc1nc(C(=O)N[C@@H](c2ccc(OC(F)F)cc2)C2CC2)cc(=O)[nH]1. The van der Waals surface area contributed by atoms with Gasteiger partial charge in [0.15, 0.2) is 0 Å². The number of hydrogen-bond acceptors (Lipinski definition) is 4. The van der Waals surface area contributed by atoms with Crippen LogP contribution in [0, 0.1) is 12.8 Å². The summed E-state index contributed by atoms with van der Waals surface area (Å²) in [5, 5.41) is 2.88. The fourth-order valence-corrected chi connectivity index (χ4v) is 2.67. The standard InChI is InChI=1S/C17H17F2N3O3/c1-9-20-13(8-14(23)21-9)16(24)22-15(10-2-3-10)11-4-6-12(7-5-11)25-17(18)19/h4-8,10,15,17H,2-3H2,1H3,(H,22,24)(H,20,21,23)/t15-/m1/s1. The van der Waals surface area contributed by atoms with Gasteiger partial charge in [0.2, 0.25) is 0 Å². The molecule has 1 aliphatic carbocycles. The van der Waals surface area contributed by atoms with Crippen molar-refractivity contribution >= 4 is 5.91 Å². The molecule has 1 atom stereocenters. The van der Waals surface area contributed by atoms with Crippen molar-refractivity contribution in [2.24, 2.45) is 5.92 Å². The van der Waals surface area contributed by atoms with Crippen LogP contribution in [0.1, 0.15) is 40.8 Å². The molecule has 1 heterocycles. The number of ether oxygens (including phenoxy) is 1. The summed E-state index contributed by atoms with van der Waals surface area (Å²) in [6.45, 7) is -1.28. The number of alkyl halides is 2. The summed E-state index contributed by atoms with van der Waals surface area (Å²) in [7, 11) is 0. The molecule has 1 aliphatic rings. The fourth-order valence-electron chi connectivity index (χ4n) is 2.67. The molecule has 3 rings (SSSR count). The van der Waals surface area contributed by atoms with E-state index in [2.05, 4.69) is 20.0 Å². The Labute approximate surface area is 142 Å². The summed E-state index contributed by atoms with van der Waals surface area (Å²) in [6.07, 6.45) is 1.92. The molecule has 0 unspecified atom stereocenters. The van der Waals surface area contributed by atoms with Crippen molar-refractivity contribution in [3.05, 3.63) is 57.8 Å². The molecule has 1 saturated carbocycles. The van der Waals surface area contributed by atoms with Crippen LogP contribution in [-0.2, 0) is 0 Å². The van der Waals surface area contributed by atoms with Gasteiger partial charge < -0.3 is 15.0 Å². The Morgan fingerprint density at radius 2 is 2.00 bits per heavy atom. The number of rotatable bonds is 6. The topological polar surface area (TPSA) is 84.1 Å². The first-order valence-electron chi connectivity index (χ1n) is 7.86. The van der Waals surface area contributed by atoms with Crippen molar-refractivity contribution in [1.82, 2.24) is 15.3 Å². The number of carbonyl (C=O) groups excluding carboxylic acids is 1. The smallest absolute Gasteiger partial charge is 0.387 e. The molecule has 0 spiro atoms. The third kappa shape index (κ3) is 4.40. The minimum absolute atomic E-state index is 0.0459. The Bertz CT molecular complexity index is 817. The zero-order chi connectivity index (χ0) is 18.0. The van der Waals surface area contributed by atoms with Crippen molar-refractivity contribution in [3.63, 3.8) is 0 Å². The van der Waals surface area contributed by atoms with Crippen molar-refractivity contribution in [2.45, 2.75) is 32.4 Å². The predicted molar refractivity (Wildman–Crippen MR) is 85.6 cm³/mol. The van der Waals surface area contributed by atoms with Crippen molar-refractivity contribution in [2.75, 3.05) is 0 Å². The van der Waals surface area contributed by atoms with Crippen LogP contribution in [0.15, 0.2) is 35.1 Å². The van der Waals surface area contributed by atoms with Crippen molar-refractivity contribution in [3.8, 4) is 5.75 Å². The van der Waals surface area contributed by atoms with E-state index < -0.39 is 18.1 Å². The lowest BCUT2D eigenvalue weighted by Gasteiger charge is -2.19. The maximum Gasteiger partial charge on any atom is 0.387 e. The lowest BCUT2D eigenvalue weighted by Crippen LogP contribution is -2.31. The highest BCUT2D eigenvalue weighted by atomic mass is 19.3. The van der Waals surface area contributed by atoms with Gasteiger partial charge in [0.05, 0.1) is 6.04 Å². The Morgan fingerprint density at radius 3 is 2.56 bits per heavy atom. The molecular formula is C17H17F2N3O3. The number of H-pyrrole nitrogens is 1. The lowest BCUT2D eigenvalue weighted by atomic mass is 10.0. The second-order valence-corrected chi connectivity index (χ2v) is 5.95. The molecule has 0 bridgehead atoms. The van der Waals surface area contributed by atoms with E-state index in [0.29, 0.717) is 5.82 Å². The average molecular weight is 349 g/mol. The van der Waals surface area contributed by atoms with Crippen LogP contribution >= 0.6 is 0 Å². The molecule has 2 aromatic rings. The molecule has 1 aromatic carbocycles. The van der Waals surface area contributed by atoms with Crippen LogP contribution in [-0.4, -0.2) is 22.5 Å². The summed E-state index contributed by atoms with van der Waals surface area (Å²) >= 11 is 0. The number of aryl methyl sites for hydroxylation is 1. The highest BCUT2D eigenvalue weighted by Gasteiger charge is 2.34. The number of carbonyl (C=O) groups is 1. The number of halogens is 2. The average Bonchev–Trinajstić information content (AvgIpc) is 3.36. The van der Waals surface area contributed by atoms with E-state index in [0.717, 1.165) is 24.5 Å². The normalized spacial score (nSPS) is 15.0. The third-order valence-corrected chi connectivity index (χ3v) is 3.94. The van der Waals surface area contributed by atoms with Gasteiger partial charge in [-0.2, -0.15) is 8.78 Å². The van der Waals surface area contributed by atoms with Gasteiger partial charge in [-0.1, -0.05) is 12.1 Å². The molecule has 2 N–H and O–H groups in total. The molecule has 132 valence electrons. The van der Waals surface area contributed by atoms with Crippen molar-refractivity contribution < 1.29 is 18.3 Å². The second-order valence-electron chi connectivity index (χ2n) is 5.95. The number of aromatic amines is 1. The van der Waals surface area contributed by atoms with Gasteiger partial charge in [-0.15, -0.1) is 0 Å². The number of nitrogens with one attached hydrogen (secondary N) is 2.